The van der Waals surface area contributed by atoms with Crippen LogP contribution in [0.5, 0.6) is 0 Å². The summed E-state index contributed by atoms with van der Waals surface area (Å²) in [4.78, 5) is 16.0. The lowest BCUT2D eigenvalue weighted by Gasteiger charge is -2.06. The number of rotatable bonds is 5. The van der Waals surface area contributed by atoms with Crippen LogP contribution in [-0.4, -0.2) is 32.2 Å². The van der Waals surface area contributed by atoms with Crippen LogP contribution >= 0.6 is 15.9 Å². The second kappa shape index (κ2) is 5.81. The molecule has 2 aromatic rings. The molecule has 0 aliphatic carbocycles. The van der Waals surface area contributed by atoms with Crippen LogP contribution in [0.2, 0.25) is 0 Å². The van der Waals surface area contributed by atoms with E-state index in [1.165, 1.54) is 6.33 Å². The predicted octanol–water partition coefficient (Wildman–Crippen LogP) is 1.36. The zero-order valence-electron chi connectivity index (χ0n) is 9.98. The maximum atomic E-state index is 12.0. The van der Waals surface area contributed by atoms with Crippen LogP contribution in [0.1, 0.15) is 23.2 Å². The molecule has 0 spiro atoms. The van der Waals surface area contributed by atoms with E-state index in [0.717, 1.165) is 16.8 Å². The number of H-pyrrole nitrogens is 1. The maximum Gasteiger partial charge on any atom is 0.267 e. The van der Waals surface area contributed by atoms with Crippen molar-refractivity contribution in [2.45, 2.75) is 19.9 Å². The predicted molar refractivity (Wildman–Crippen MR) is 70.2 cm³/mol. The third-order valence-electron chi connectivity index (χ3n) is 2.55. The molecule has 2 rings (SSSR count). The van der Waals surface area contributed by atoms with Crippen LogP contribution in [-0.2, 0) is 13.0 Å². The Bertz CT molecular complexity index is 520. The van der Waals surface area contributed by atoms with Crippen molar-refractivity contribution < 1.29 is 4.79 Å². The Morgan fingerprint density at radius 3 is 3.11 bits per heavy atom. The topological polar surface area (TPSA) is 75.6 Å². The SMILES string of the molecule is CCn1cc(Br)cc1C(=O)NCCc1ncn[nH]1. The average molecular weight is 312 g/mol. The summed E-state index contributed by atoms with van der Waals surface area (Å²) >= 11 is 3.37. The first-order valence-corrected chi connectivity index (χ1v) is 6.48. The lowest BCUT2D eigenvalue weighted by Crippen LogP contribution is -2.27. The van der Waals surface area contributed by atoms with Gasteiger partial charge in [0.2, 0.25) is 0 Å². The number of amides is 1. The number of carbonyl (C=O) groups excluding carboxylic acids is 1. The molecule has 0 radical (unpaired) electrons. The molecule has 2 N–H and O–H groups in total. The standard InChI is InChI=1S/C11H14BrN5O/c1-2-17-6-8(12)5-9(17)11(18)13-4-3-10-14-7-15-16-10/h5-7H,2-4H2,1H3,(H,13,18)(H,14,15,16). The molecule has 0 aliphatic rings. The van der Waals surface area contributed by atoms with Gasteiger partial charge in [-0.2, -0.15) is 5.10 Å². The molecule has 96 valence electrons. The fourth-order valence-corrected chi connectivity index (χ4v) is 2.13. The number of aromatic amines is 1. The van der Waals surface area contributed by atoms with Crippen LogP contribution in [0, 0.1) is 0 Å². The minimum absolute atomic E-state index is 0.0814. The van der Waals surface area contributed by atoms with E-state index in [1.54, 1.807) is 0 Å². The maximum absolute atomic E-state index is 12.0. The zero-order chi connectivity index (χ0) is 13.0. The van der Waals surface area contributed by atoms with Gasteiger partial charge in [-0.1, -0.05) is 0 Å². The molecule has 0 unspecified atom stereocenters. The van der Waals surface area contributed by atoms with E-state index in [4.69, 9.17) is 0 Å². The fraction of sp³-hybridized carbons (Fsp3) is 0.364. The van der Waals surface area contributed by atoms with Gasteiger partial charge in [-0.15, -0.1) is 0 Å². The summed E-state index contributed by atoms with van der Waals surface area (Å²) in [7, 11) is 0. The first-order valence-electron chi connectivity index (χ1n) is 5.68. The normalized spacial score (nSPS) is 10.6. The van der Waals surface area contributed by atoms with Crippen LogP contribution in [0.25, 0.3) is 0 Å². The summed E-state index contributed by atoms with van der Waals surface area (Å²) < 4.78 is 2.80. The summed E-state index contributed by atoms with van der Waals surface area (Å²) in [5.74, 6) is 0.685. The molecule has 18 heavy (non-hydrogen) atoms. The zero-order valence-corrected chi connectivity index (χ0v) is 11.6. The summed E-state index contributed by atoms with van der Waals surface area (Å²) in [5, 5.41) is 9.36. The van der Waals surface area contributed by atoms with Gasteiger partial charge in [-0.05, 0) is 28.9 Å². The molecule has 1 amide bonds. The third-order valence-corrected chi connectivity index (χ3v) is 2.98. The number of halogens is 1. The highest BCUT2D eigenvalue weighted by Gasteiger charge is 2.11. The van der Waals surface area contributed by atoms with Crippen molar-refractivity contribution in [3.63, 3.8) is 0 Å². The molecule has 0 atom stereocenters. The second-order valence-electron chi connectivity index (χ2n) is 3.77. The first-order chi connectivity index (χ1) is 8.70. The van der Waals surface area contributed by atoms with E-state index in [0.29, 0.717) is 18.7 Å². The second-order valence-corrected chi connectivity index (χ2v) is 4.68. The number of aryl methyl sites for hydroxylation is 1. The van der Waals surface area contributed by atoms with E-state index in [9.17, 15) is 4.79 Å². The molecule has 6 nitrogen and oxygen atoms in total. The molecule has 0 saturated carbocycles. The van der Waals surface area contributed by atoms with E-state index in [2.05, 4.69) is 36.4 Å². The molecule has 0 bridgehead atoms. The first kappa shape index (κ1) is 12.8. The van der Waals surface area contributed by atoms with Gasteiger partial charge in [0.15, 0.2) is 0 Å². The van der Waals surface area contributed by atoms with Gasteiger partial charge in [0.05, 0.1) is 0 Å². The van der Waals surface area contributed by atoms with Crippen molar-refractivity contribution >= 4 is 21.8 Å². The number of nitrogens with one attached hydrogen (secondary N) is 2. The number of hydrogen-bond donors (Lipinski definition) is 2. The van der Waals surface area contributed by atoms with Crippen LogP contribution < -0.4 is 5.32 Å². The molecule has 7 heteroatoms. The molecule has 0 fully saturated rings. The third kappa shape index (κ3) is 2.98. The van der Waals surface area contributed by atoms with Gasteiger partial charge in [0, 0.05) is 30.2 Å². The minimum atomic E-state index is -0.0814. The Labute approximate surface area is 113 Å². The van der Waals surface area contributed by atoms with Crippen molar-refractivity contribution in [1.82, 2.24) is 25.1 Å². The highest BCUT2D eigenvalue weighted by atomic mass is 79.9. The van der Waals surface area contributed by atoms with Crippen molar-refractivity contribution in [3.05, 3.63) is 34.6 Å². The van der Waals surface area contributed by atoms with E-state index >= 15 is 0 Å². The molecule has 0 aliphatic heterocycles. The molecule has 2 heterocycles. The Morgan fingerprint density at radius 2 is 2.44 bits per heavy atom. The highest BCUT2D eigenvalue weighted by molar-refractivity contribution is 9.10. The Balaban J connectivity index is 1.91. The summed E-state index contributed by atoms with van der Waals surface area (Å²) in [6.45, 7) is 3.29. The van der Waals surface area contributed by atoms with Crippen molar-refractivity contribution in [1.29, 1.82) is 0 Å². The number of carbonyl (C=O) groups is 1. The fourth-order valence-electron chi connectivity index (χ4n) is 1.66. The van der Waals surface area contributed by atoms with Gasteiger partial charge in [-0.3, -0.25) is 9.89 Å². The Hall–Kier alpha value is -1.63. The lowest BCUT2D eigenvalue weighted by atomic mass is 10.3. The van der Waals surface area contributed by atoms with Crippen LogP contribution in [0.4, 0.5) is 0 Å². The Morgan fingerprint density at radius 1 is 1.61 bits per heavy atom. The average Bonchev–Trinajstić information content (AvgIpc) is 2.98. The van der Waals surface area contributed by atoms with Crippen molar-refractivity contribution in [2.24, 2.45) is 0 Å². The minimum Gasteiger partial charge on any atom is -0.350 e. The van der Waals surface area contributed by atoms with Gasteiger partial charge < -0.3 is 9.88 Å². The van der Waals surface area contributed by atoms with Crippen LogP contribution in [0.3, 0.4) is 0 Å². The van der Waals surface area contributed by atoms with E-state index in [-0.39, 0.29) is 5.91 Å². The van der Waals surface area contributed by atoms with E-state index in [1.807, 2.05) is 23.8 Å². The molecule has 0 aromatic carbocycles. The molecule has 2 aromatic heterocycles. The van der Waals surface area contributed by atoms with Crippen molar-refractivity contribution in [3.8, 4) is 0 Å². The Kier molecular flexibility index (Phi) is 4.14. The molecule has 0 saturated heterocycles. The van der Waals surface area contributed by atoms with Gasteiger partial charge in [0.1, 0.15) is 17.8 Å². The largest absolute Gasteiger partial charge is 0.350 e. The van der Waals surface area contributed by atoms with Gasteiger partial charge >= 0.3 is 0 Å². The number of aromatic nitrogens is 4. The summed E-state index contributed by atoms with van der Waals surface area (Å²) in [6, 6.07) is 1.81. The van der Waals surface area contributed by atoms with E-state index < -0.39 is 0 Å². The summed E-state index contributed by atoms with van der Waals surface area (Å²) in [6.07, 6.45) is 3.99. The number of hydrogen-bond acceptors (Lipinski definition) is 3. The van der Waals surface area contributed by atoms with Crippen molar-refractivity contribution in [2.75, 3.05) is 6.54 Å². The monoisotopic (exact) mass is 311 g/mol. The van der Waals surface area contributed by atoms with Gasteiger partial charge in [0.25, 0.3) is 5.91 Å². The number of nitrogens with zero attached hydrogens (tertiary/aromatic N) is 3. The smallest absolute Gasteiger partial charge is 0.267 e. The molecular weight excluding hydrogens is 298 g/mol. The lowest BCUT2D eigenvalue weighted by molar-refractivity contribution is 0.0945. The van der Waals surface area contributed by atoms with Crippen LogP contribution in [0.15, 0.2) is 23.1 Å². The summed E-state index contributed by atoms with van der Waals surface area (Å²) in [5.41, 5.74) is 0.655. The quantitative estimate of drug-likeness (QED) is 0.875. The van der Waals surface area contributed by atoms with Gasteiger partial charge in [-0.25, -0.2) is 4.98 Å². The highest BCUT2D eigenvalue weighted by Crippen LogP contribution is 2.14. The molecular formula is C11H14BrN5O.